The molecular weight excluding hydrogens is 1280 g/mol. The summed E-state index contributed by atoms with van der Waals surface area (Å²) in [4.78, 5) is 102. The Balaban J connectivity index is 1.10. The highest BCUT2D eigenvalue weighted by Gasteiger charge is 2.55. The molecule has 6 saturated heterocycles. The molecule has 96 heavy (non-hydrogen) atoms. The Morgan fingerprint density at radius 1 is 0.604 bits per heavy atom. The maximum Gasteiger partial charge on any atom is 0.306 e. The van der Waals surface area contributed by atoms with Gasteiger partial charge in [0.25, 0.3) is 0 Å². The second-order valence-electron chi connectivity index (χ2n) is 24.2. The SMILES string of the molecule is CC(C)CC(=O)OC1C(OC2C(CO)OC(Oc3ccc(CC4NC(=O)C(C)N(c5ccccc5)C(=O)CNC(=O)C(CO)NC(=O)C(C(O)C5CNC(=N)N5C5OC(CO)C(O)C(O)C5O)NC(=O)C(C(O)C5CNC(=N)N5)NC4=O)cc3)C(O)C2O)OC(CO)C(O)C1O. The molecule has 0 spiro atoms. The first-order chi connectivity index (χ1) is 45.6. The van der Waals surface area contributed by atoms with Crippen LogP contribution in [0.4, 0.5) is 5.69 Å². The van der Waals surface area contributed by atoms with Gasteiger partial charge in [-0.05, 0) is 42.7 Å². The van der Waals surface area contributed by atoms with Crippen molar-refractivity contribution in [2.24, 2.45) is 5.92 Å². The van der Waals surface area contributed by atoms with E-state index in [2.05, 4.69) is 42.5 Å². The number of nitrogens with zero attached hydrogens (tertiary/aromatic N) is 2. The Morgan fingerprint density at radius 3 is 1.82 bits per heavy atom. The van der Waals surface area contributed by atoms with Crippen LogP contribution in [0.15, 0.2) is 54.6 Å². The van der Waals surface area contributed by atoms with Crippen LogP contribution in [0.2, 0.25) is 0 Å². The minimum atomic E-state index is -2.37. The number of benzene rings is 2. The van der Waals surface area contributed by atoms with Crippen molar-refractivity contribution in [2.75, 3.05) is 51.0 Å². The molecule has 0 bridgehead atoms. The summed E-state index contributed by atoms with van der Waals surface area (Å²) in [6.45, 7) is -0.819. The molecular formula is C58H84N12O26. The second kappa shape index (κ2) is 32.6. The Bertz CT molecular complexity index is 3050. The highest BCUT2D eigenvalue weighted by Crippen LogP contribution is 2.33. The average molecular weight is 1370 g/mol. The number of nitrogens with one attached hydrogen (secondary N) is 10. The van der Waals surface area contributed by atoms with Gasteiger partial charge in [-0.15, -0.1) is 0 Å². The van der Waals surface area contributed by atoms with Crippen molar-refractivity contribution in [3.8, 4) is 5.75 Å². The van der Waals surface area contributed by atoms with Crippen LogP contribution in [0, 0.1) is 16.7 Å². The number of para-hydroxylation sites is 1. The summed E-state index contributed by atoms with van der Waals surface area (Å²) in [6, 6.07) is -0.0485. The smallest absolute Gasteiger partial charge is 0.306 e. The normalized spacial score (nSPS) is 36.0. The number of guanidine groups is 2. The number of carbonyl (C=O) groups excluding carboxylic acids is 7. The molecule has 532 valence electrons. The minimum absolute atomic E-state index is 0.0895. The van der Waals surface area contributed by atoms with E-state index in [1.807, 2.05) is 0 Å². The standard InChI is InChI=1S/C58H84N12O26/c1-22(2)13-35(76)95-48-43(82)41(80)32(20-73)93-56(48)96-47-33(21-74)94-55(46(85)44(47)83)91-26-11-9-24(10-12-26)14-27-51(88)67-36(38(77)28-15-62-57(59)66-28)53(90)68-37(39(78)30-16-63-58(60)70(30)54-45(84)42(81)40(79)31(19-72)92-54)52(89)65-29(18-71)50(87)61-17-34(75)69(23(3)49(86)64-27)25-7-5-4-6-8-25/h4-12,22-23,27-33,36-48,54-56,71-74,77-85H,13-21H2,1-3H3,(H2,60,63)(H,61,87)(H,64,86)(H,65,89)(H,67,88)(H,68,90)(H3,59,62,66). The lowest BCUT2D eigenvalue weighted by Crippen LogP contribution is -2.69. The molecule has 24 unspecified atom stereocenters. The van der Waals surface area contributed by atoms with Crippen LogP contribution in [0.1, 0.15) is 32.8 Å². The molecule has 38 heteroatoms. The number of carbonyl (C=O) groups is 7. The third kappa shape index (κ3) is 16.8. The summed E-state index contributed by atoms with van der Waals surface area (Å²) >= 11 is 0. The molecule has 6 aliphatic heterocycles. The number of amides is 6. The summed E-state index contributed by atoms with van der Waals surface area (Å²) < 4.78 is 34.4. The summed E-state index contributed by atoms with van der Waals surface area (Å²) in [7, 11) is 0. The summed E-state index contributed by atoms with van der Waals surface area (Å²) in [6.07, 6.45) is -32.1. The van der Waals surface area contributed by atoms with Crippen LogP contribution < -0.4 is 52.2 Å². The third-order valence-corrected chi connectivity index (χ3v) is 17.0. The van der Waals surface area contributed by atoms with Gasteiger partial charge in [0, 0.05) is 31.6 Å². The minimum Gasteiger partial charge on any atom is -0.462 e. The van der Waals surface area contributed by atoms with Crippen molar-refractivity contribution in [2.45, 2.75) is 180 Å². The zero-order valence-corrected chi connectivity index (χ0v) is 52.0. The lowest BCUT2D eigenvalue weighted by atomic mass is 9.95. The van der Waals surface area contributed by atoms with Gasteiger partial charge < -0.3 is 142 Å². The lowest BCUT2D eigenvalue weighted by molar-refractivity contribution is -0.353. The van der Waals surface area contributed by atoms with Gasteiger partial charge in [-0.25, -0.2) is 0 Å². The molecule has 0 saturated carbocycles. The van der Waals surface area contributed by atoms with E-state index < -0.39 is 240 Å². The largest absolute Gasteiger partial charge is 0.462 e. The summed E-state index contributed by atoms with van der Waals surface area (Å²) in [5.74, 6) is -9.43. The topological polar surface area (TPSA) is 588 Å². The van der Waals surface area contributed by atoms with Crippen LogP contribution in [0.5, 0.6) is 5.75 Å². The number of hydrogen-bond donors (Lipinski definition) is 23. The molecule has 24 atom stereocenters. The maximum atomic E-state index is 15.1. The molecule has 0 radical (unpaired) electrons. The molecule has 0 aromatic heterocycles. The Kier molecular flexibility index (Phi) is 25.2. The first-order valence-electron chi connectivity index (χ1n) is 30.8. The summed E-state index contributed by atoms with van der Waals surface area (Å²) in [5, 5.41) is 178. The van der Waals surface area contributed by atoms with Crippen molar-refractivity contribution in [1.29, 1.82) is 10.8 Å². The van der Waals surface area contributed by atoms with Gasteiger partial charge >= 0.3 is 5.97 Å². The van der Waals surface area contributed by atoms with Gasteiger partial charge in [0.05, 0.1) is 45.1 Å². The molecule has 2 aromatic rings. The second-order valence-corrected chi connectivity index (χ2v) is 24.2. The van der Waals surface area contributed by atoms with Crippen LogP contribution in [-0.2, 0) is 63.7 Å². The average Bonchev–Trinajstić information content (AvgIpc) is 1.39. The van der Waals surface area contributed by atoms with Crippen molar-refractivity contribution in [3.05, 3.63) is 60.2 Å². The van der Waals surface area contributed by atoms with Gasteiger partial charge in [-0.1, -0.05) is 44.2 Å². The van der Waals surface area contributed by atoms with Gasteiger partial charge in [-0.2, -0.15) is 0 Å². The van der Waals surface area contributed by atoms with E-state index >= 15 is 9.59 Å². The van der Waals surface area contributed by atoms with Gasteiger partial charge in [-0.3, -0.25) is 49.3 Å². The fourth-order valence-electron chi connectivity index (χ4n) is 11.7. The highest BCUT2D eigenvalue weighted by molar-refractivity contribution is 6.04. The molecule has 8 rings (SSSR count). The van der Waals surface area contributed by atoms with E-state index in [-0.39, 0.29) is 41.8 Å². The van der Waals surface area contributed by atoms with E-state index in [0.717, 1.165) is 9.80 Å². The van der Waals surface area contributed by atoms with Gasteiger partial charge in [0.2, 0.25) is 41.7 Å². The number of anilines is 1. The molecule has 6 aliphatic rings. The Morgan fingerprint density at radius 2 is 1.20 bits per heavy atom. The zero-order valence-electron chi connectivity index (χ0n) is 52.0. The van der Waals surface area contributed by atoms with E-state index in [1.54, 1.807) is 19.9 Å². The van der Waals surface area contributed by atoms with E-state index in [4.69, 9.17) is 39.2 Å². The predicted octanol–water partition coefficient (Wildman–Crippen LogP) is -11.5. The van der Waals surface area contributed by atoms with E-state index in [1.165, 1.54) is 55.5 Å². The Hall–Kier alpha value is -7.61. The van der Waals surface area contributed by atoms with Crippen LogP contribution in [0.25, 0.3) is 0 Å². The number of hydrogen-bond acceptors (Lipinski definition) is 28. The molecule has 0 aliphatic carbocycles. The fraction of sp³-hybridized carbons (Fsp3) is 0.638. The van der Waals surface area contributed by atoms with Crippen molar-refractivity contribution < 1.29 is 128 Å². The molecule has 38 nitrogen and oxygen atoms in total. The van der Waals surface area contributed by atoms with Crippen LogP contribution in [-0.4, -0.2) is 317 Å². The van der Waals surface area contributed by atoms with Crippen LogP contribution in [0.3, 0.4) is 0 Å². The van der Waals surface area contributed by atoms with Crippen molar-refractivity contribution in [1.82, 2.24) is 47.4 Å². The van der Waals surface area contributed by atoms with Crippen molar-refractivity contribution >= 4 is 59.0 Å². The highest BCUT2D eigenvalue weighted by atomic mass is 16.7. The number of aliphatic hydroxyl groups excluding tert-OH is 13. The first-order valence-corrected chi connectivity index (χ1v) is 30.8. The lowest BCUT2D eigenvalue weighted by Gasteiger charge is -2.46. The zero-order chi connectivity index (χ0) is 70.1. The number of esters is 1. The molecule has 6 amide bonds. The maximum absolute atomic E-state index is 15.1. The molecule has 2 aromatic carbocycles. The number of ether oxygens (including phenoxy) is 6. The third-order valence-electron chi connectivity index (χ3n) is 17.0. The molecule has 6 fully saturated rings. The summed E-state index contributed by atoms with van der Waals surface area (Å²) in [5.41, 5.74) is 0.295. The molecule has 6 heterocycles. The van der Waals surface area contributed by atoms with E-state index in [9.17, 15) is 90.4 Å². The Labute approximate surface area is 547 Å². The number of aliphatic hydroxyl groups is 13. The monoisotopic (exact) mass is 1360 g/mol. The van der Waals surface area contributed by atoms with Crippen LogP contribution >= 0.6 is 0 Å². The van der Waals surface area contributed by atoms with Crippen molar-refractivity contribution in [3.63, 3.8) is 0 Å². The van der Waals surface area contributed by atoms with E-state index in [0.29, 0.717) is 0 Å². The quantitative estimate of drug-likeness (QED) is 0.0581. The van der Waals surface area contributed by atoms with Gasteiger partial charge in [0.1, 0.15) is 115 Å². The first kappa shape index (κ1) is 74.2. The predicted molar refractivity (Wildman–Crippen MR) is 322 cm³/mol. The molecule has 23 N–H and O–H groups in total. The van der Waals surface area contributed by atoms with Gasteiger partial charge in [0.15, 0.2) is 30.5 Å². The number of rotatable bonds is 19. The fourth-order valence-corrected chi connectivity index (χ4v) is 11.7.